The molecule has 11 nitrogen and oxygen atoms in total. The molecule has 1 amide bonds. The highest BCUT2D eigenvalue weighted by molar-refractivity contribution is 7.15. The predicted molar refractivity (Wildman–Crippen MR) is 213 cm³/mol. The number of pyridine rings is 1. The van der Waals surface area contributed by atoms with E-state index in [9.17, 15) is 14.7 Å². The van der Waals surface area contributed by atoms with Gasteiger partial charge in [0.25, 0.3) is 5.56 Å². The molecule has 54 heavy (non-hydrogen) atoms. The number of aryl methyl sites for hydroxylation is 1. The summed E-state index contributed by atoms with van der Waals surface area (Å²) in [4.78, 5) is 49.3. The molecule has 8 rings (SSSR count). The molecule has 2 aromatic carbocycles. The van der Waals surface area contributed by atoms with Crippen LogP contribution in [0.15, 0.2) is 103 Å². The van der Waals surface area contributed by atoms with Gasteiger partial charge in [-0.05, 0) is 74.7 Å². The summed E-state index contributed by atoms with van der Waals surface area (Å²) in [5.74, 6) is 0.0515. The third-order valence-electron chi connectivity index (χ3n) is 11.1. The predicted octanol–water partition coefficient (Wildman–Crippen LogP) is 5.74. The number of thiazole rings is 1. The van der Waals surface area contributed by atoms with Gasteiger partial charge in [0, 0.05) is 98.2 Å². The summed E-state index contributed by atoms with van der Waals surface area (Å²) in [7, 11) is 3.98. The Morgan fingerprint density at radius 1 is 0.963 bits per heavy atom. The first-order valence-electron chi connectivity index (χ1n) is 18.6. The molecule has 278 valence electrons. The second-order valence-electron chi connectivity index (χ2n) is 15.0. The lowest BCUT2D eigenvalue weighted by Crippen LogP contribution is -2.53. The van der Waals surface area contributed by atoms with Gasteiger partial charge in [0.2, 0.25) is 5.91 Å². The number of anilines is 1. The molecule has 0 saturated carbocycles. The van der Waals surface area contributed by atoms with Crippen LogP contribution in [0.1, 0.15) is 41.3 Å². The number of carbonyl (C=O) groups is 1. The van der Waals surface area contributed by atoms with Crippen LogP contribution in [0.4, 0.5) is 5.69 Å². The van der Waals surface area contributed by atoms with E-state index in [1.54, 1.807) is 17.4 Å². The van der Waals surface area contributed by atoms with Gasteiger partial charge in [-0.3, -0.25) is 24.0 Å². The number of hydrogen-bond donors (Lipinski definition) is 1. The Bertz CT molecular complexity index is 2310. The van der Waals surface area contributed by atoms with Crippen LogP contribution in [0.5, 0.6) is 0 Å². The van der Waals surface area contributed by atoms with Crippen LogP contribution in [0.3, 0.4) is 0 Å². The Morgan fingerprint density at radius 2 is 1.78 bits per heavy atom. The number of fused-ring (bicyclic) bond motifs is 1. The molecular weight excluding hydrogens is 697 g/mol. The van der Waals surface area contributed by atoms with E-state index in [1.807, 2.05) is 96.4 Å². The number of carbonyl (C=O) groups excluding carboxylic acids is 1. The minimum absolute atomic E-state index is 0.0518. The summed E-state index contributed by atoms with van der Waals surface area (Å²) in [5, 5.41) is 13.2. The number of hydrogen-bond acceptors (Lipinski definition) is 9. The second-order valence-corrected chi connectivity index (χ2v) is 16.1. The number of amides is 1. The first kappa shape index (κ1) is 35.8. The van der Waals surface area contributed by atoms with Crippen molar-refractivity contribution in [2.45, 2.75) is 50.8 Å². The first-order valence-corrected chi connectivity index (χ1v) is 19.5. The van der Waals surface area contributed by atoms with Crippen LogP contribution in [0.25, 0.3) is 27.3 Å². The lowest BCUT2D eigenvalue weighted by Gasteiger charge is -2.43. The average Bonchev–Trinajstić information content (AvgIpc) is 3.85. The Morgan fingerprint density at radius 3 is 2.54 bits per heavy atom. The van der Waals surface area contributed by atoms with Crippen LogP contribution in [-0.2, 0) is 17.9 Å². The van der Waals surface area contributed by atoms with Crippen molar-refractivity contribution >= 4 is 34.0 Å². The maximum atomic E-state index is 14.3. The number of aliphatic hydroxyl groups is 1. The summed E-state index contributed by atoms with van der Waals surface area (Å²) in [6, 6.07) is 24.3. The zero-order chi connectivity index (χ0) is 37.4. The molecular formula is C42H46N8O3S. The fourth-order valence-corrected chi connectivity index (χ4v) is 8.92. The number of nitrogens with zero attached hydrogens (tertiary/aromatic N) is 8. The minimum Gasteiger partial charge on any atom is -0.388 e. The van der Waals surface area contributed by atoms with Crippen LogP contribution < -0.4 is 10.5 Å². The molecule has 6 aromatic rings. The van der Waals surface area contributed by atoms with Gasteiger partial charge in [-0.1, -0.05) is 36.4 Å². The zero-order valence-electron chi connectivity index (χ0n) is 31.0. The molecule has 2 saturated heterocycles. The summed E-state index contributed by atoms with van der Waals surface area (Å²) in [6.07, 6.45) is 8.78. The van der Waals surface area contributed by atoms with E-state index in [0.717, 1.165) is 53.7 Å². The number of aromatic nitrogens is 5. The van der Waals surface area contributed by atoms with Crippen molar-refractivity contribution in [2.24, 2.45) is 5.92 Å². The zero-order valence-corrected chi connectivity index (χ0v) is 31.8. The summed E-state index contributed by atoms with van der Waals surface area (Å²) in [6.45, 7) is 5.37. The third-order valence-corrected chi connectivity index (χ3v) is 12.1. The molecule has 4 aromatic heterocycles. The molecule has 2 aliphatic heterocycles. The molecule has 2 fully saturated rings. The van der Waals surface area contributed by atoms with E-state index in [4.69, 9.17) is 0 Å². The smallest absolute Gasteiger partial charge is 0.262 e. The van der Waals surface area contributed by atoms with Gasteiger partial charge in [-0.25, -0.2) is 9.97 Å². The first-order chi connectivity index (χ1) is 26.1. The van der Waals surface area contributed by atoms with Crippen LogP contribution >= 0.6 is 11.3 Å². The van der Waals surface area contributed by atoms with E-state index < -0.39 is 5.60 Å². The Hall–Kier alpha value is -5.17. The van der Waals surface area contributed by atoms with Crippen LogP contribution in [0, 0.1) is 12.8 Å². The van der Waals surface area contributed by atoms with E-state index in [-0.39, 0.29) is 29.8 Å². The SMILES string of the molecule is Cc1ccc(-c2ncc(CN3CC[C@@H](C(=O)N4CCC(O)(Cn5cnc6c(ccn6-c6cccc(N(C)C)c6)c5=O)CC4)[C@H](c4ccccc4)C3)s2)cn1. The van der Waals surface area contributed by atoms with Gasteiger partial charge < -0.3 is 19.5 Å². The number of rotatable bonds is 9. The number of piperidine rings is 2. The standard InChI is InChI=1S/C42H46N8O3S/c1-29-12-13-31(23-43-29)39-44-24-34(54-39)25-47-18-14-35(37(26-47)30-8-5-4-6-9-30)40(51)48-20-16-42(53,17-21-48)27-49-28-45-38-36(41(49)52)15-19-50(38)33-11-7-10-32(22-33)46(2)3/h4-13,15,19,22-24,28,35,37,53H,14,16-18,20-21,25-27H2,1-3H3/t35-,37+/m1/s1. The third kappa shape index (κ3) is 7.33. The van der Waals surface area contributed by atoms with E-state index in [2.05, 4.69) is 44.1 Å². The quantitative estimate of drug-likeness (QED) is 0.200. The van der Waals surface area contributed by atoms with Crippen molar-refractivity contribution in [3.05, 3.63) is 124 Å². The fraction of sp³-hybridized carbons (Fsp3) is 0.357. The molecule has 2 atom stereocenters. The lowest BCUT2D eigenvalue weighted by molar-refractivity contribution is -0.142. The van der Waals surface area contributed by atoms with Gasteiger partial charge in [-0.2, -0.15) is 0 Å². The highest BCUT2D eigenvalue weighted by Gasteiger charge is 2.41. The lowest BCUT2D eigenvalue weighted by atomic mass is 9.79. The highest BCUT2D eigenvalue weighted by Crippen LogP contribution is 2.37. The second kappa shape index (κ2) is 14.9. The molecule has 0 spiro atoms. The van der Waals surface area contributed by atoms with Crippen molar-refractivity contribution in [3.63, 3.8) is 0 Å². The van der Waals surface area contributed by atoms with Gasteiger partial charge in [0.15, 0.2) is 5.65 Å². The maximum Gasteiger partial charge on any atom is 0.262 e. The van der Waals surface area contributed by atoms with E-state index in [0.29, 0.717) is 37.0 Å². The van der Waals surface area contributed by atoms with Crippen molar-refractivity contribution in [3.8, 4) is 16.3 Å². The van der Waals surface area contributed by atoms with Crippen molar-refractivity contribution in [1.29, 1.82) is 0 Å². The minimum atomic E-state index is -1.12. The Kier molecular flexibility index (Phi) is 9.91. The summed E-state index contributed by atoms with van der Waals surface area (Å²) in [5.41, 5.74) is 4.42. The van der Waals surface area contributed by atoms with Crippen molar-refractivity contribution in [1.82, 2.24) is 33.9 Å². The van der Waals surface area contributed by atoms with E-state index >= 15 is 0 Å². The van der Waals surface area contributed by atoms with Crippen molar-refractivity contribution in [2.75, 3.05) is 45.2 Å². The highest BCUT2D eigenvalue weighted by atomic mass is 32.1. The monoisotopic (exact) mass is 742 g/mol. The Labute approximate surface area is 319 Å². The van der Waals surface area contributed by atoms with Crippen LogP contribution in [0.2, 0.25) is 0 Å². The number of likely N-dealkylation sites (tertiary alicyclic amines) is 2. The van der Waals surface area contributed by atoms with Gasteiger partial charge in [-0.15, -0.1) is 11.3 Å². The largest absolute Gasteiger partial charge is 0.388 e. The van der Waals surface area contributed by atoms with Crippen LogP contribution in [-0.4, -0.2) is 90.8 Å². The Balaban J connectivity index is 0.927. The molecule has 0 radical (unpaired) electrons. The molecule has 6 heterocycles. The van der Waals surface area contributed by atoms with Gasteiger partial charge in [0.1, 0.15) is 11.3 Å². The van der Waals surface area contributed by atoms with E-state index in [1.165, 1.54) is 21.3 Å². The normalized spacial score (nSPS) is 18.9. The molecule has 2 aliphatic rings. The summed E-state index contributed by atoms with van der Waals surface area (Å²) < 4.78 is 3.44. The molecule has 12 heteroatoms. The summed E-state index contributed by atoms with van der Waals surface area (Å²) >= 11 is 1.70. The topological polar surface area (TPSA) is 113 Å². The number of benzene rings is 2. The molecule has 0 unspecified atom stereocenters. The van der Waals surface area contributed by atoms with Gasteiger partial charge >= 0.3 is 0 Å². The fourth-order valence-electron chi connectivity index (χ4n) is 7.97. The van der Waals surface area contributed by atoms with Gasteiger partial charge in [0.05, 0.1) is 17.5 Å². The molecule has 0 bridgehead atoms. The maximum absolute atomic E-state index is 14.3. The average molecular weight is 743 g/mol. The van der Waals surface area contributed by atoms with Crippen molar-refractivity contribution < 1.29 is 9.90 Å². The molecule has 0 aliphatic carbocycles. The molecule has 1 N–H and O–H groups in total.